The molecule has 2 heterocycles. The van der Waals surface area contributed by atoms with Crippen molar-refractivity contribution in [2.75, 3.05) is 12.3 Å². The van der Waals surface area contributed by atoms with Crippen LogP contribution in [0.4, 0.5) is 5.82 Å². The van der Waals surface area contributed by atoms with E-state index in [2.05, 4.69) is 35.8 Å². The minimum atomic E-state index is -0.591. The van der Waals surface area contributed by atoms with Gasteiger partial charge >= 0.3 is 0 Å². The van der Waals surface area contributed by atoms with Gasteiger partial charge in [0.2, 0.25) is 11.6 Å². The molecule has 0 atom stereocenters. The number of ether oxygens (including phenoxy) is 1. The van der Waals surface area contributed by atoms with E-state index in [0.29, 0.717) is 39.9 Å². The number of nitrogen functional groups attached to an aromatic ring is 1. The van der Waals surface area contributed by atoms with E-state index in [0.717, 1.165) is 0 Å². The van der Waals surface area contributed by atoms with Crippen molar-refractivity contribution in [2.45, 2.75) is 13.8 Å². The number of carbonyl (C=O) groups is 1. The zero-order chi connectivity index (χ0) is 23.4. The van der Waals surface area contributed by atoms with E-state index < -0.39 is 5.91 Å². The standard InChI is InChI=1S/C21H19ClN8O3/c1-3-32-14-10-8-13(9-11-14)18-17(25-29-30(18)20-19(23)27-33-28-20)21(31)26-24-12(2)15-6-4-5-7-16(15)22/h4-11H,3H2,1-2H3,(H2,23,27)(H,26,31). The monoisotopic (exact) mass is 466 g/mol. The largest absolute Gasteiger partial charge is 0.494 e. The number of aromatic nitrogens is 5. The molecule has 2 aromatic heterocycles. The Kier molecular flexibility index (Phi) is 6.31. The third-order valence-electron chi connectivity index (χ3n) is 4.61. The zero-order valence-electron chi connectivity index (χ0n) is 17.7. The molecule has 11 nitrogen and oxygen atoms in total. The molecule has 0 aliphatic carbocycles. The molecule has 0 saturated carbocycles. The Morgan fingerprint density at radius 3 is 2.64 bits per heavy atom. The highest BCUT2D eigenvalue weighted by Gasteiger charge is 2.25. The molecule has 4 aromatic rings. The first-order valence-corrected chi connectivity index (χ1v) is 10.2. The van der Waals surface area contributed by atoms with E-state index in [1.807, 2.05) is 19.1 Å². The highest BCUT2D eigenvalue weighted by atomic mass is 35.5. The molecule has 0 aliphatic heterocycles. The number of nitrogens with two attached hydrogens (primary N) is 1. The molecule has 4 rings (SSSR count). The summed E-state index contributed by atoms with van der Waals surface area (Å²) in [5.41, 5.74) is 10.5. The molecule has 0 bridgehead atoms. The van der Waals surface area contributed by atoms with Crippen LogP contribution < -0.4 is 15.9 Å². The Balaban J connectivity index is 1.71. The Labute approximate surface area is 193 Å². The second-order valence-electron chi connectivity index (χ2n) is 6.75. The summed E-state index contributed by atoms with van der Waals surface area (Å²) in [7, 11) is 0. The fourth-order valence-corrected chi connectivity index (χ4v) is 3.33. The number of nitrogens with one attached hydrogen (secondary N) is 1. The van der Waals surface area contributed by atoms with Crippen LogP contribution in [0.5, 0.6) is 5.75 Å². The number of benzene rings is 2. The lowest BCUT2D eigenvalue weighted by atomic mass is 10.1. The van der Waals surface area contributed by atoms with Gasteiger partial charge in [-0.3, -0.25) is 4.79 Å². The molecule has 33 heavy (non-hydrogen) atoms. The van der Waals surface area contributed by atoms with Crippen molar-refractivity contribution in [3.05, 3.63) is 64.8 Å². The number of rotatable bonds is 7. The van der Waals surface area contributed by atoms with E-state index in [-0.39, 0.29) is 17.3 Å². The molecule has 2 aromatic carbocycles. The fraction of sp³-hybridized carbons (Fsp3) is 0.143. The van der Waals surface area contributed by atoms with E-state index in [4.69, 9.17) is 22.1 Å². The minimum absolute atomic E-state index is 0.00253. The summed E-state index contributed by atoms with van der Waals surface area (Å²) in [6, 6.07) is 14.2. The molecule has 0 unspecified atom stereocenters. The summed E-state index contributed by atoms with van der Waals surface area (Å²) >= 11 is 6.20. The molecule has 0 radical (unpaired) electrons. The summed E-state index contributed by atoms with van der Waals surface area (Å²) < 4.78 is 11.5. The predicted molar refractivity (Wildman–Crippen MR) is 121 cm³/mol. The molecule has 3 N–H and O–H groups in total. The lowest BCUT2D eigenvalue weighted by Crippen LogP contribution is -2.21. The van der Waals surface area contributed by atoms with E-state index in [1.165, 1.54) is 4.68 Å². The van der Waals surface area contributed by atoms with Crippen molar-refractivity contribution in [1.29, 1.82) is 0 Å². The van der Waals surface area contributed by atoms with Gasteiger partial charge in [0.25, 0.3) is 5.91 Å². The van der Waals surface area contributed by atoms with Crippen molar-refractivity contribution >= 4 is 29.0 Å². The third kappa shape index (κ3) is 4.53. The van der Waals surface area contributed by atoms with Crippen LogP contribution in [0.1, 0.15) is 29.9 Å². The number of hydrazone groups is 1. The van der Waals surface area contributed by atoms with Crippen molar-refractivity contribution in [3.63, 3.8) is 0 Å². The molecule has 0 fully saturated rings. The molecule has 0 spiro atoms. The number of nitrogens with zero attached hydrogens (tertiary/aromatic N) is 6. The van der Waals surface area contributed by atoms with Gasteiger partial charge < -0.3 is 10.5 Å². The maximum Gasteiger partial charge on any atom is 0.294 e. The van der Waals surface area contributed by atoms with Gasteiger partial charge in [0, 0.05) is 16.1 Å². The van der Waals surface area contributed by atoms with Crippen LogP contribution in [0.2, 0.25) is 5.02 Å². The predicted octanol–water partition coefficient (Wildman–Crippen LogP) is 3.11. The van der Waals surface area contributed by atoms with Crippen LogP contribution in [0.15, 0.2) is 58.3 Å². The third-order valence-corrected chi connectivity index (χ3v) is 4.94. The Morgan fingerprint density at radius 1 is 1.21 bits per heavy atom. The van der Waals surface area contributed by atoms with Gasteiger partial charge in [0.1, 0.15) is 11.4 Å². The lowest BCUT2D eigenvalue weighted by molar-refractivity contribution is 0.0950. The van der Waals surface area contributed by atoms with Gasteiger partial charge in [-0.15, -0.1) is 5.10 Å². The van der Waals surface area contributed by atoms with Crippen LogP contribution in [0, 0.1) is 0 Å². The normalized spacial score (nSPS) is 11.4. The molecule has 168 valence electrons. The van der Waals surface area contributed by atoms with Crippen molar-refractivity contribution < 1.29 is 14.2 Å². The first-order chi connectivity index (χ1) is 16.0. The van der Waals surface area contributed by atoms with Gasteiger partial charge in [-0.1, -0.05) is 35.0 Å². The maximum atomic E-state index is 13.0. The van der Waals surface area contributed by atoms with Gasteiger partial charge in [-0.05, 0) is 54.5 Å². The Morgan fingerprint density at radius 2 is 1.97 bits per heavy atom. The first kappa shape index (κ1) is 22.0. The summed E-state index contributed by atoms with van der Waals surface area (Å²) in [5.74, 6) is 0.174. The minimum Gasteiger partial charge on any atom is -0.494 e. The van der Waals surface area contributed by atoms with Crippen LogP contribution in [-0.4, -0.2) is 43.5 Å². The van der Waals surface area contributed by atoms with Gasteiger partial charge in [-0.2, -0.15) is 9.78 Å². The highest BCUT2D eigenvalue weighted by molar-refractivity contribution is 6.34. The van der Waals surface area contributed by atoms with Crippen molar-refractivity contribution in [3.8, 4) is 22.8 Å². The van der Waals surface area contributed by atoms with E-state index in [9.17, 15) is 4.79 Å². The van der Waals surface area contributed by atoms with Gasteiger partial charge in [0.15, 0.2) is 5.69 Å². The lowest BCUT2D eigenvalue weighted by Gasteiger charge is -2.08. The molecule has 0 aliphatic rings. The molecule has 1 amide bonds. The molecule has 12 heteroatoms. The number of hydrogen-bond acceptors (Lipinski definition) is 9. The first-order valence-electron chi connectivity index (χ1n) is 9.86. The summed E-state index contributed by atoms with van der Waals surface area (Å²) in [4.78, 5) is 13.0. The number of carbonyl (C=O) groups excluding carboxylic acids is 1. The van der Waals surface area contributed by atoms with Crippen LogP contribution in [-0.2, 0) is 0 Å². The topological polar surface area (TPSA) is 146 Å². The average molecular weight is 467 g/mol. The summed E-state index contributed by atoms with van der Waals surface area (Å²) in [6.45, 7) is 4.14. The summed E-state index contributed by atoms with van der Waals surface area (Å²) in [5, 5.41) is 20.1. The number of anilines is 1. The van der Waals surface area contributed by atoms with E-state index >= 15 is 0 Å². The second kappa shape index (κ2) is 9.49. The van der Waals surface area contributed by atoms with Gasteiger partial charge in [-0.25, -0.2) is 10.1 Å². The van der Waals surface area contributed by atoms with Gasteiger partial charge in [0.05, 0.1) is 12.3 Å². The van der Waals surface area contributed by atoms with Crippen LogP contribution in [0.25, 0.3) is 17.1 Å². The van der Waals surface area contributed by atoms with Crippen LogP contribution >= 0.6 is 11.6 Å². The number of amides is 1. The van der Waals surface area contributed by atoms with Crippen LogP contribution in [0.3, 0.4) is 0 Å². The van der Waals surface area contributed by atoms with Crippen molar-refractivity contribution in [2.24, 2.45) is 5.10 Å². The fourth-order valence-electron chi connectivity index (χ4n) is 3.06. The maximum absolute atomic E-state index is 13.0. The quantitative estimate of drug-likeness (QED) is 0.312. The van der Waals surface area contributed by atoms with E-state index in [1.54, 1.807) is 43.3 Å². The molecule has 0 saturated heterocycles. The SMILES string of the molecule is CCOc1ccc(-c2c(C(=O)NN=C(C)c3ccccc3Cl)nnn2-c2nonc2N)cc1. The Hall–Kier alpha value is -4.25. The number of hydrogen-bond donors (Lipinski definition) is 2. The van der Waals surface area contributed by atoms with Crippen molar-refractivity contribution in [1.82, 2.24) is 30.7 Å². The number of halogens is 1. The highest BCUT2D eigenvalue weighted by Crippen LogP contribution is 2.28. The Bertz CT molecular complexity index is 1310. The molecular formula is C21H19ClN8O3. The molecular weight excluding hydrogens is 448 g/mol. The average Bonchev–Trinajstić information content (AvgIpc) is 3.44. The zero-order valence-corrected chi connectivity index (χ0v) is 18.4. The smallest absolute Gasteiger partial charge is 0.294 e. The summed E-state index contributed by atoms with van der Waals surface area (Å²) in [6.07, 6.45) is 0. The second-order valence-corrected chi connectivity index (χ2v) is 7.15.